The molecule has 0 aromatic rings. The summed E-state index contributed by atoms with van der Waals surface area (Å²) in [5.74, 6) is 1.25. The second-order valence-corrected chi connectivity index (χ2v) is 5.08. The number of halogens is 1. The Morgan fingerprint density at radius 1 is 1.55 bits per heavy atom. The average Bonchev–Trinajstić information content (AvgIpc) is 1.86. The molecule has 0 amide bonds. The third-order valence-electron chi connectivity index (χ3n) is 2.73. The molecule has 0 saturated heterocycles. The van der Waals surface area contributed by atoms with Gasteiger partial charge < -0.3 is 5.11 Å². The van der Waals surface area contributed by atoms with Gasteiger partial charge in [-0.3, -0.25) is 0 Å². The first-order valence-electron chi connectivity index (χ1n) is 4.26. The molecule has 11 heavy (non-hydrogen) atoms. The van der Waals surface area contributed by atoms with Crippen molar-refractivity contribution >= 4 is 15.9 Å². The van der Waals surface area contributed by atoms with Crippen molar-refractivity contribution in [3.05, 3.63) is 0 Å². The molecule has 1 aliphatic rings. The second kappa shape index (κ2) is 3.44. The maximum Gasteiger partial charge on any atom is 0.0469 e. The fourth-order valence-corrected chi connectivity index (χ4v) is 2.75. The van der Waals surface area contributed by atoms with Crippen molar-refractivity contribution < 1.29 is 5.11 Å². The number of hydrogen-bond donors (Lipinski definition) is 1. The number of aliphatic hydroxyl groups is 1. The molecule has 0 aliphatic heterocycles. The lowest BCUT2D eigenvalue weighted by Crippen LogP contribution is -2.38. The standard InChI is InChI=1S/C9H17BrO/c1-9(2)3-7(4-9)8(5-10)6-11/h7-8,11H,3-6H2,1-2H3. The van der Waals surface area contributed by atoms with Crippen LogP contribution in [0.5, 0.6) is 0 Å². The highest BCUT2D eigenvalue weighted by Crippen LogP contribution is 2.48. The van der Waals surface area contributed by atoms with E-state index >= 15 is 0 Å². The van der Waals surface area contributed by atoms with Crippen LogP contribution in [0.4, 0.5) is 0 Å². The van der Waals surface area contributed by atoms with Gasteiger partial charge in [0.15, 0.2) is 0 Å². The third-order valence-corrected chi connectivity index (χ3v) is 3.56. The molecular formula is C9H17BrO. The van der Waals surface area contributed by atoms with Gasteiger partial charge in [0.2, 0.25) is 0 Å². The summed E-state index contributed by atoms with van der Waals surface area (Å²) in [7, 11) is 0. The molecule has 1 saturated carbocycles. The van der Waals surface area contributed by atoms with Crippen LogP contribution in [0, 0.1) is 17.3 Å². The first-order chi connectivity index (χ1) is 5.09. The molecule has 0 radical (unpaired) electrons. The van der Waals surface area contributed by atoms with Crippen LogP contribution in [0.3, 0.4) is 0 Å². The fraction of sp³-hybridized carbons (Fsp3) is 1.00. The lowest BCUT2D eigenvalue weighted by molar-refractivity contribution is 0.0342. The van der Waals surface area contributed by atoms with Gasteiger partial charge in [0.1, 0.15) is 0 Å². The Labute approximate surface area is 77.3 Å². The van der Waals surface area contributed by atoms with Crippen LogP contribution in [0.1, 0.15) is 26.7 Å². The van der Waals surface area contributed by atoms with Gasteiger partial charge in [0.25, 0.3) is 0 Å². The van der Waals surface area contributed by atoms with Crippen LogP contribution in [-0.2, 0) is 0 Å². The van der Waals surface area contributed by atoms with Crippen molar-refractivity contribution in [2.45, 2.75) is 26.7 Å². The summed E-state index contributed by atoms with van der Waals surface area (Å²) in [5, 5.41) is 9.95. The van der Waals surface area contributed by atoms with E-state index in [0.717, 1.165) is 11.2 Å². The molecular weight excluding hydrogens is 204 g/mol. The van der Waals surface area contributed by atoms with E-state index in [4.69, 9.17) is 5.11 Å². The van der Waals surface area contributed by atoms with E-state index in [0.29, 0.717) is 17.9 Å². The smallest absolute Gasteiger partial charge is 0.0469 e. The maximum atomic E-state index is 9.00. The molecule has 0 aromatic carbocycles. The van der Waals surface area contributed by atoms with Gasteiger partial charge in [-0.25, -0.2) is 0 Å². The SMILES string of the molecule is CC1(C)CC(C(CO)CBr)C1. The van der Waals surface area contributed by atoms with Crippen LogP contribution in [0.15, 0.2) is 0 Å². The Hall–Kier alpha value is 0.440. The summed E-state index contributed by atoms with van der Waals surface area (Å²) in [6.45, 7) is 4.93. The lowest BCUT2D eigenvalue weighted by Gasteiger charge is -2.45. The number of aliphatic hydroxyl groups excluding tert-OH is 1. The molecule has 1 fully saturated rings. The Bertz CT molecular complexity index is 122. The van der Waals surface area contributed by atoms with Crippen LogP contribution in [0.25, 0.3) is 0 Å². The van der Waals surface area contributed by atoms with Crippen LogP contribution in [-0.4, -0.2) is 17.0 Å². The summed E-state index contributed by atoms with van der Waals surface area (Å²) in [5.41, 5.74) is 0.542. The summed E-state index contributed by atoms with van der Waals surface area (Å²) in [4.78, 5) is 0. The highest BCUT2D eigenvalue weighted by Gasteiger charge is 2.39. The zero-order valence-electron chi connectivity index (χ0n) is 7.31. The lowest BCUT2D eigenvalue weighted by atomic mass is 9.61. The minimum Gasteiger partial charge on any atom is -0.396 e. The molecule has 1 aliphatic carbocycles. The average molecular weight is 221 g/mol. The molecule has 2 heteroatoms. The van der Waals surface area contributed by atoms with Crippen molar-refractivity contribution in [2.24, 2.45) is 17.3 Å². The monoisotopic (exact) mass is 220 g/mol. The molecule has 1 atom stereocenters. The molecule has 1 rings (SSSR count). The first kappa shape index (κ1) is 9.53. The van der Waals surface area contributed by atoms with Gasteiger partial charge in [0, 0.05) is 11.9 Å². The summed E-state index contributed by atoms with van der Waals surface area (Å²) < 4.78 is 0. The van der Waals surface area contributed by atoms with Gasteiger partial charge in [-0.05, 0) is 30.1 Å². The zero-order valence-corrected chi connectivity index (χ0v) is 8.89. The largest absolute Gasteiger partial charge is 0.396 e. The van der Waals surface area contributed by atoms with Crippen molar-refractivity contribution in [1.29, 1.82) is 0 Å². The van der Waals surface area contributed by atoms with Gasteiger partial charge in [-0.1, -0.05) is 29.8 Å². The van der Waals surface area contributed by atoms with Gasteiger partial charge in [0.05, 0.1) is 0 Å². The minimum atomic E-state index is 0.339. The topological polar surface area (TPSA) is 20.2 Å². The molecule has 1 N–H and O–H groups in total. The normalized spacial score (nSPS) is 26.2. The Kier molecular flexibility index (Phi) is 2.98. The van der Waals surface area contributed by atoms with Crippen LogP contribution in [0.2, 0.25) is 0 Å². The van der Waals surface area contributed by atoms with Gasteiger partial charge in [-0.2, -0.15) is 0 Å². The van der Waals surface area contributed by atoms with Crippen LogP contribution < -0.4 is 0 Å². The number of alkyl halides is 1. The zero-order chi connectivity index (χ0) is 8.48. The van der Waals surface area contributed by atoms with E-state index in [2.05, 4.69) is 29.8 Å². The molecule has 0 heterocycles. The number of rotatable bonds is 3. The minimum absolute atomic E-state index is 0.339. The van der Waals surface area contributed by atoms with E-state index in [1.807, 2.05) is 0 Å². The molecule has 0 bridgehead atoms. The summed E-state index contributed by atoms with van der Waals surface area (Å²) in [6, 6.07) is 0. The van der Waals surface area contributed by atoms with Crippen molar-refractivity contribution in [2.75, 3.05) is 11.9 Å². The highest BCUT2D eigenvalue weighted by molar-refractivity contribution is 9.09. The molecule has 0 aromatic heterocycles. The molecule has 1 unspecified atom stereocenters. The fourth-order valence-electron chi connectivity index (χ4n) is 2.02. The van der Waals surface area contributed by atoms with E-state index < -0.39 is 0 Å². The Morgan fingerprint density at radius 3 is 2.36 bits per heavy atom. The Balaban J connectivity index is 2.30. The van der Waals surface area contributed by atoms with Crippen LogP contribution >= 0.6 is 15.9 Å². The van der Waals surface area contributed by atoms with E-state index in [1.54, 1.807) is 0 Å². The van der Waals surface area contributed by atoms with Crippen molar-refractivity contribution in [3.63, 3.8) is 0 Å². The molecule has 66 valence electrons. The van der Waals surface area contributed by atoms with E-state index in [9.17, 15) is 0 Å². The maximum absolute atomic E-state index is 9.00. The highest BCUT2D eigenvalue weighted by atomic mass is 79.9. The first-order valence-corrected chi connectivity index (χ1v) is 5.38. The predicted octanol–water partition coefficient (Wildman–Crippen LogP) is 2.43. The van der Waals surface area contributed by atoms with Gasteiger partial charge >= 0.3 is 0 Å². The Morgan fingerprint density at radius 2 is 2.09 bits per heavy atom. The summed E-state index contributed by atoms with van der Waals surface area (Å²) >= 11 is 3.43. The third kappa shape index (κ3) is 2.19. The summed E-state index contributed by atoms with van der Waals surface area (Å²) in [6.07, 6.45) is 2.56. The van der Waals surface area contributed by atoms with Gasteiger partial charge in [-0.15, -0.1) is 0 Å². The predicted molar refractivity (Wildman–Crippen MR) is 50.9 cm³/mol. The van der Waals surface area contributed by atoms with Crippen molar-refractivity contribution in [3.8, 4) is 0 Å². The number of hydrogen-bond acceptors (Lipinski definition) is 1. The quantitative estimate of drug-likeness (QED) is 0.725. The van der Waals surface area contributed by atoms with Crippen molar-refractivity contribution in [1.82, 2.24) is 0 Å². The molecule has 1 nitrogen and oxygen atoms in total. The van der Waals surface area contributed by atoms with E-state index in [-0.39, 0.29) is 0 Å². The van der Waals surface area contributed by atoms with E-state index in [1.165, 1.54) is 12.8 Å². The molecule has 0 spiro atoms. The second-order valence-electron chi connectivity index (χ2n) is 4.43.